The standard InChI is InChI=1S/C13H25N3S/c1-5-15(6-2)8-7-9-16-12(11(3)4)10-14-13(16)17/h10-11H,5-9H2,1-4H3,(H,14,17). The van der Waals surface area contributed by atoms with Crippen LogP contribution in [-0.2, 0) is 6.54 Å². The summed E-state index contributed by atoms with van der Waals surface area (Å²) in [6.07, 6.45) is 3.21. The Bertz CT molecular complexity index is 374. The zero-order valence-corrected chi connectivity index (χ0v) is 12.3. The number of H-pyrrole nitrogens is 1. The first kappa shape index (κ1) is 14.5. The van der Waals surface area contributed by atoms with Gasteiger partial charge in [-0.25, -0.2) is 0 Å². The minimum Gasteiger partial charge on any atom is -0.337 e. The van der Waals surface area contributed by atoms with E-state index in [2.05, 4.69) is 42.1 Å². The molecule has 1 aromatic heterocycles. The van der Waals surface area contributed by atoms with Crippen LogP contribution in [-0.4, -0.2) is 34.1 Å². The number of nitrogens with one attached hydrogen (secondary N) is 1. The summed E-state index contributed by atoms with van der Waals surface area (Å²) < 4.78 is 3.09. The Morgan fingerprint density at radius 3 is 2.53 bits per heavy atom. The molecule has 0 radical (unpaired) electrons. The van der Waals surface area contributed by atoms with Crippen LogP contribution in [0, 0.1) is 4.77 Å². The predicted octanol–water partition coefficient (Wildman–Crippen LogP) is 3.40. The number of aromatic amines is 1. The van der Waals surface area contributed by atoms with Crippen molar-refractivity contribution in [3.8, 4) is 0 Å². The molecular formula is C13H25N3S. The van der Waals surface area contributed by atoms with Crippen molar-refractivity contribution in [3.05, 3.63) is 16.7 Å². The lowest BCUT2D eigenvalue weighted by Gasteiger charge is -2.18. The molecule has 0 unspecified atom stereocenters. The molecule has 0 saturated heterocycles. The summed E-state index contributed by atoms with van der Waals surface area (Å²) in [6, 6.07) is 0. The van der Waals surface area contributed by atoms with Crippen molar-refractivity contribution in [2.45, 2.75) is 46.6 Å². The van der Waals surface area contributed by atoms with Gasteiger partial charge in [0.15, 0.2) is 4.77 Å². The summed E-state index contributed by atoms with van der Waals surface area (Å²) >= 11 is 5.32. The molecule has 0 saturated carbocycles. The molecule has 0 aliphatic heterocycles. The first-order valence-electron chi connectivity index (χ1n) is 6.60. The average molecular weight is 255 g/mol. The molecule has 0 aromatic carbocycles. The van der Waals surface area contributed by atoms with E-state index in [1.54, 1.807) is 0 Å². The van der Waals surface area contributed by atoms with Crippen molar-refractivity contribution >= 4 is 12.2 Å². The van der Waals surface area contributed by atoms with Crippen LogP contribution in [0.5, 0.6) is 0 Å². The third-order valence-corrected chi connectivity index (χ3v) is 3.58. The Morgan fingerprint density at radius 2 is 2.00 bits per heavy atom. The SMILES string of the molecule is CCN(CC)CCCn1c(C(C)C)c[nH]c1=S. The highest BCUT2D eigenvalue weighted by Crippen LogP contribution is 2.14. The highest BCUT2D eigenvalue weighted by atomic mass is 32.1. The molecule has 98 valence electrons. The van der Waals surface area contributed by atoms with Gasteiger partial charge in [-0.1, -0.05) is 27.7 Å². The van der Waals surface area contributed by atoms with Gasteiger partial charge in [0.2, 0.25) is 0 Å². The van der Waals surface area contributed by atoms with E-state index >= 15 is 0 Å². The van der Waals surface area contributed by atoms with Gasteiger partial charge in [-0.15, -0.1) is 0 Å². The van der Waals surface area contributed by atoms with Crippen LogP contribution in [0.1, 0.15) is 45.7 Å². The lowest BCUT2D eigenvalue weighted by atomic mass is 10.1. The van der Waals surface area contributed by atoms with Crippen LogP contribution in [0.15, 0.2) is 6.20 Å². The second-order valence-corrected chi connectivity index (χ2v) is 5.09. The van der Waals surface area contributed by atoms with Gasteiger partial charge in [-0.3, -0.25) is 0 Å². The fraction of sp³-hybridized carbons (Fsp3) is 0.769. The maximum atomic E-state index is 5.32. The van der Waals surface area contributed by atoms with Gasteiger partial charge < -0.3 is 14.5 Å². The van der Waals surface area contributed by atoms with E-state index in [4.69, 9.17) is 12.2 Å². The molecule has 0 fully saturated rings. The van der Waals surface area contributed by atoms with Gasteiger partial charge in [0, 0.05) is 18.4 Å². The summed E-state index contributed by atoms with van der Waals surface area (Å²) in [5.41, 5.74) is 1.31. The van der Waals surface area contributed by atoms with Gasteiger partial charge in [0.25, 0.3) is 0 Å². The molecule has 4 heteroatoms. The van der Waals surface area contributed by atoms with Crippen molar-refractivity contribution < 1.29 is 0 Å². The van der Waals surface area contributed by atoms with Crippen LogP contribution in [0.25, 0.3) is 0 Å². The van der Waals surface area contributed by atoms with Crippen molar-refractivity contribution in [2.24, 2.45) is 0 Å². The van der Waals surface area contributed by atoms with E-state index < -0.39 is 0 Å². The lowest BCUT2D eigenvalue weighted by Crippen LogP contribution is -2.25. The van der Waals surface area contributed by atoms with Gasteiger partial charge >= 0.3 is 0 Å². The summed E-state index contributed by atoms with van der Waals surface area (Å²) in [4.78, 5) is 5.60. The van der Waals surface area contributed by atoms with Crippen LogP contribution < -0.4 is 0 Å². The molecule has 0 aliphatic rings. The molecule has 0 atom stereocenters. The third-order valence-electron chi connectivity index (χ3n) is 3.24. The normalized spacial score (nSPS) is 11.6. The molecule has 1 aromatic rings. The van der Waals surface area contributed by atoms with Crippen LogP contribution in [0.3, 0.4) is 0 Å². The van der Waals surface area contributed by atoms with E-state index in [1.165, 1.54) is 5.69 Å². The monoisotopic (exact) mass is 255 g/mol. The highest BCUT2D eigenvalue weighted by molar-refractivity contribution is 7.71. The largest absolute Gasteiger partial charge is 0.337 e. The molecular weight excluding hydrogens is 230 g/mol. The molecule has 0 spiro atoms. The minimum absolute atomic E-state index is 0.524. The average Bonchev–Trinajstić information content (AvgIpc) is 2.66. The van der Waals surface area contributed by atoms with Crippen molar-refractivity contribution in [3.63, 3.8) is 0 Å². The predicted molar refractivity (Wildman–Crippen MR) is 76.1 cm³/mol. The number of rotatable bonds is 7. The molecule has 3 nitrogen and oxygen atoms in total. The molecule has 1 rings (SSSR count). The number of hydrogen-bond donors (Lipinski definition) is 1. The zero-order chi connectivity index (χ0) is 12.8. The van der Waals surface area contributed by atoms with Gasteiger partial charge in [0.1, 0.15) is 0 Å². The van der Waals surface area contributed by atoms with Gasteiger partial charge in [0.05, 0.1) is 0 Å². The quantitative estimate of drug-likeness (QED) is 0.755. The fourth-order valence-corrected chi connectivity index (χ4v) is 2.37. The molecule has 1 heterocycles. The van der Waals surface area contributed by atoms with Crippen LogP contribution in [0.4, 0.5) is 0 Å². The third kappa shape index (κ3) is 3.96. The fourth-order valence-electron chi connectivity index (χ4n) is 2.11. The van der Waals surface area contributed by atoms with E-state index in [-0.39, 0.29) is 0 Å². The van der Waals surface area contributed by atoms with Gasteiger partial charge in [-0.05, 0) is 44.2 Å². The number of imidazole rings is 1. The number of nitrogens with zero attached hydrogens (tertiary/aromatic N) is 2. The Hall–Kier alpha value is -0.610. The molecule has 0 amide bonds. The number of aromatic nitrogens is 2. The first-order valence-corrected chi connectivity index (χ1v) is 7.01. The van der Waals surface area contributed by atoms with Gasteiger partial charge in [-0.2, -0.15) is 0 Å². The molecule has 17 heavy (non-hydrogen) atoms. The van der Waals surface area contributed by atoms with Crippen molar-refractivity contribution in [2.75, 3.05) is 19.6 Å². The van der Waals surface area contributed by atoms with E-state index in [0.717, 1.165) is 37.4 Å². The van der Waals surface area contributed by atoms with Crippen LogP contribution in [0.2, 0.25) is 0 Å². The Morgan fingerprint density at radius 1 is 1.35 bits per heavy atom. The topological polar surface area (TPSA) is 24.0 Å². The Labute approximate surface area is 110 Å². The minimum atomic E-state index is 0.524. The summed E-state index contributed by atoms with van der Waals surface area (Å²) in [5, 5.41) is 0. The second-order valence-electron chi connectivity index (χ2n) is 4.71. The zero-order valence-electron chi connectivity index (χ0n) is 11.5. The Balaban J connectivity index is 2.57. The smallest absolute Gasteiger partial charge is 0.177 e. The van der Waals surface area contributed by atoms with Crippen molar-refractivity contribution in [1.29, 1.82) is 0 Å². The van der Waals surface area contributed by atoms with E-state index in [9.17, 15) is 0 Å². The Kier molecular flexibility index (Phi) is 5.92. The summed E-state index contributed by atoms with van der Waals surface area (Å²) in [7, 11) is 0. The summed E-state index contributed by atoms with van der Waals surface area (Å²) in [5.74, 6) is 0.524. The lowest BCUT2D eigenvalue weighted by molar-refractivity contribution is 0.292. The molecule has 1 N–H and O–H groups in total. The van der Waals surface area contributed by atoms with Crippen LogP contribution >= 0.6 is 12.2 Å². The number of hydrogen-bond acceptors (Lipinski definition) is 2. The maximum Gasteiger partial charge on any atom is 0.177 e. The highest BCUT2D eigenvalue weighted by Gasteiger charge is 2.08. The van der Waals surface area contributed by atoms with Crippen molar-refractivity contribution in [1.82, 2.24) is 14.5 Å². The first-order chi connectivity index (χ1) is 8.10. The van der Waals surface area contributed by atoms with E-state index in [1.807, 2.05) is 6.20 Å². The molecule has 0 bridgehead atoms. The second kappa shape index (κ2) is 6.97. The summed E-state index contributed by atoms with van der Waals surface area (Å²) in [6.45, 7) is 13.3. The van der Waals surface area contributed by atoms with E-state index in [0.29, 0.717) is 5.92 Å². The maximum absolute atomic E-state index is 5.32. The molecule has 0 aliphatic carbocycles.